The first kappa shape index (κ1) is 12.7. The third kappa shape index (κ3) is 3.12. The molecular formula is C13H18ClNO2. The summed E-state index contributed by atoms with van der Waals surface area (Å²) in [6, 6.07) is 5.38. The molecule has 3 N–H and O–H groups in total. The van der Waals surface area contributed by atoms with E-state index in [2.05, 4.69) is 0 Å². The van der Waals surface area contributed by atoms with Crippen LogP contribution in [0.5, 0.6) is 5.75 Å². The molecule has 0 bridgehead atoms. The highest BCUT2D eigenvalue weighted by Gasteiger charge is 2.35. The molecule has 1 aromatic rings. The molecule has 2 atom stereocenters. The van der Waals surface area contributed by atoms with E-state index in [4.69, 9.17) is 22.1 Å². The molecular weight excluding hydrogens is 238 g/mol. The number of nitrogens with two attached hydrogens (primary N) is 1. The van der Waals surface area contributed by atoms with Crippen molar-refractivity contribution in [2.45, 2.75) is 31.9 Å². The molecule has 1 aliphatic carbocycles. The molecule has 0 radical (unpaired) electrons. The number of hydrogen-bond acceptors (Lipinski definition) is 3. The summed E-state index contributed by atoms with van der Waals surface area (Å²) in [5.41, 5.74) is 7.05. The van der Waals surface area contributed by atoms with Crippen LogP contribution in [-0.2, 0) is 0 Å². The van der Waals surface area contributed by atoms with Crippen LogP contribution in [-0.4, -0.2) is 23.9 Å². The van der Waals surface area contributed by atoms with Gasteiger partial charge in [-0.25, -0.2) is 0 Å². The number of hydrogen-bond donors (Lipinski definition) is 2. The number of rotatable bonds is 5. The summed E-state index contributed by atoms with van der Waals surface area (Å²) in [4.78, 5) is 0. The van der Waals surface area contributed by atoms with E-state index >= 15 is 0 Å². The standard InChI is InChI=1S/C13H18ClNO2/c1-8-2-5-10(14)6-11(8)17-12(7-16)13(15)9-3-4-9/h2,5-6,9,12-13,16H,3-4,7,15H2,1H3. The Morgan fingerprint density at radius 2 is 2.24 bits per heavy atom. The van der Waals surface area contributed by atoms with Gasteiger partial charge in [0.05, 0.1) is 6.61 Å². The van der Waals surface area contributed by atoms with Gasteiger partial charge in [0, 0.05) is 11.1 Å². The number of aryl methyl sites for hydroxylation is 1. The maximum atomic E-state index is 9.36. The Kier molecular flexibility index (Phi) is 3.92. The van der Waals surface area contributed by atoms with Crippen molar-refractivity contribution in [3.63, 3.8) is 0 Å². The summed E-state index contributed by atoms with van der Waals surface area (Å²) in [7, 11) is 0. The van der Waals surface area contributed by atoms with Gasteiger partial charge in [0.1, 0.15) is 11.9 Å². The van der Waals surface area contributed by atoms with E-state index in [0.29, 0.717) is 16.7 Å². The fraction of sp³-hybridized carbons (Fsp3) is 0.538. The molecule has 1 fully saturated rings. The van der Waals surface area contributed by atoms with Crippen LogP contribution < -0.4 is 10.5 Å². The van der Waals surface area contributed by atoms with E-state index in [0.717, 1.165) is 18.4 Å². The minimum absolute atomic E-state index is 0.0659. The summed E-state index contributed by atoms with van der Waals surface area (Å²) in [5.74, 6) is 1.19. The Hall–Kier alpha value is -0.770. The largest absolute Gasteiger partial charge is 0.486 e. The van der Waals surface area contributed by atoms with Crippen LogP contribution in [0, 0.1) is 12.8 Å². The van der Waals surface area contributed by atoms with Gasteiger partial charge < -0.3 is 15.6 Å². The Morgan fingerprint density at radius 1 is 1.53 bits per heavy atom. The third-order valence-corrected chi connectivity index (χ3v) is 3.44. The summed E-state index contributed by atoms with van der Waals surface area (Å²) < 4.78 is 5.78. The van der Waals surface area contributed by atoms with Crippen molar-refractivity contribution >= 4 is 11.6 Å². The maximum absolute atomic E-state index is 9.36. The lowest BCUT2D eigenvalue weighted by Gasteiger charge is -2.24. The average Bonchev–Trinajstić information content (AvgIpc) is 3.13. The Bertz CT molecular complexity index is 393. The zero-order valence-corrected chi connectivity index (χ0v) is 10.7. The van der Waals surface area contributed by atoms with Crippen LogP contribution in [0.25, 0.3) is 0 Å². The molecule has 0 saturated heterocycles. The smallest absolute Gasteiger partial charge is 0.137 e. The van der Waals surface area contributed by atoms with E-state index in [1.807, 2.05) is 19.1 Å². The van der Waals surface area contributed by atoms with Gasteiger partial charge in [-0.15, -0.1) is 0 Å². The van der Waals surface area contributed by atoms with Gasteiger partial charge in [-0.1, -0.05) is 17.7 Å². The van der Waals surface area contributed by atoms with Crippen LogP contribution in [0.1, 0.15) is 18.4 Å². The first-order valence-electron chi connectivity index (χ1n) is 5.91. The lowest BCUT2D eigenvalue weighted by Crippen LogP contribution is -2.43. The highest BCUT2D eigenvalue weighted by atomic mass is 35.5. The fourth-order valence-electron chi connectivity index (χ4n) is 1.89. The molecule has 0 amide bonds. The molecule has 3 nitrogen and oxygen atoms in total. The molecule has 0 aromatic heterocycles. The van der Waals surface area contributed by atoms with Gasteiger partial charge in [0.2, 0.25) is 0 Å². The Balaban J connectivity index is 2.08. The zero-order valence-electron chi connectivity index (χ0n) is 9.90. The molecule has 2 rings (SSSR count). The SMILES string of the molecule is Cc1ccc(Cl)cc1OC(CO)C(N)C1CC1. The average molecular weight is 256 g/mol. The van der Waals surface area contributed by atoms with Gasteiger partial charge in [0.25, 0.3) is 0 Å². The Morgan fingerprint density at radius 3 is 2.82 bits per heavy atom. The number of benzene rings is 1. The van der Waals surface area contributed by atoms with Crippen molar-refractivity contribution in [2.24, 2.45) is 11.7 Å². The van der Waals surface area contributed by atoms with Crippen molar-refractivity contribution in [3.8, 4) is 5.75 Å². The molecule has 1 saturated carbocycles. The quantitative estimate of drug-likeness (QED) is 0.848. The van der Waals surface area contributed by atoms with E-state index in [1.54, 1.807) is 6.07 Å². The van der Waals surface area contributed by atoms with Crippen LogP contribution in [0.4, 0.5) is 0 Å². The van der Waals surface area contributed by atoms with Crippen LogP contribution >= 0.6 is 11.6 Å². The molecule has 0 aliphatic heterocycles. The van der Waals surface area contributed by atoms with E-state index in [1.165, 1.54) is 0 Å². The monoisotopic (exact) mass is 255 g/mol. The molecule has 94 valence electrons. The van der Waals surface area contributed by atoms with Crippen molar-refractivity contribution in [3.05, 3.63) is 28.8 Å². The van der Waals surface area contributed by atoms with Crippen LogP contribution in [0.3, 0.4) is 0 Å². The molecule has 2 unspecified atom stereocenters. The summed E-state index contributed by atoms with van der Waals surface area (Å²) in [6.45, 7) is 1.88. The van der Waals surface area contributed by atoms with Crippen LogP contribution in [0.15, 0.2) is 18.2 Å². The predicted octanol–water partition coefficient (Wildman–Crippen LogP) is 2.13. The van der Waals surface area contributed by atoms with Crippen molar-refractivity contribution in [1.82, 2.24) is 0 Å². The molecule has 0 heterocycles. The molecule has 0 spiro atoms. The van der Waals surface area contributed by atoms with Gasteiger partial charge in [-0.3, -0.25) is 0 Å². The number of ether oxygens (including phenoxy) is 1. The van der Waals surface area contributed by atoms with Crippen molar-refractivity contribution in [1.29, 1.82) is 0 Å². The fourth-order valence-corrected chi connectivity index (χ4v) is 2.05. The normalized spacial score (nSPS) is 18.8. The maximum Gasteiger partial charge on any atom is 0.137 e. The molecule has 1 aromatic carbocycles. The molecule has 17 heavy (non-hydrogen) atoms. The second-order valence-corrected chi connectivity index (χ2v) is 5.10. The first-order chi connectivity index (χ1) is 8.11. The van der Waals surface area contributed by atoms with Gasteiger partial charge >= 0.3 is 0 Å². The number of halogens is 1. The second kappa shape index (κ2) is 5.25. The van der Waals surface area contributed by atoms with Crippen molar-refractivity contribution < 1.29 is 9.84 Å². The minimum Gasteiger partial charge on any atom is -0.486 e. The molecule has 4 heteroatoms. The van der Waals surface area contributed by atoms with E-state index in [9.17, 15) is 5.11 Å². The van der Waals surface area contributed by atoms with E-state index in [-0.39, 0.29) is 18.8 Å². The number of aliphatic hydroxyl groups is 1. The summed E-state index contributed by atoms with van der Waals surface area (Å²) in [5, 5.41) is 9.98. The van der Waals surface area contributed by atoms with Gasteiger partial charge in [0.15, 0.2) is 0 Å². The third-order valence-electron chi connectivity index (χ3n) is 3.20. The highest BCUT2D eigenvalue weighted by Crippen LogP contribution is 2.34. The second-order valence-electron chi connectivity index (χ2n) is 4.66. The number of aliphatic hydroxyl groups excluding tert-OH is 1. The topological polar surface area (TPSA) is 55.5 Å². The predicted molar refractivity (Wildman–Crippen MR) is 68.4 cm³/mol. The van der Waals surface area contributed by atoms with Gasteiger partial charge in [-0.2, -0.15) is 0 Å². The summed E-state index contributed by atoms with van der Waals surface area (Å²) >= 11 is 5.92. The lowest BCUT2D eigenvalue weighted by atomic mass is 10.1. The zero-order chi connectivity index (χ0) is 12.4. The summed E-state index contributed by atoms with van der Waals surface area (Å²) in [6.07, 6.45) is 1.92. The molecule has 1 aliphatic rings. The minimum atomic E-state index is -0.348. The lowest BCUT2D eigenvalue weighted by molar-refractivity contribution is 0.0876. The van der Waals surface area contributed by atoms with Gasteiger partial charge in [-0.05, 0) is 43.4 Å². The van der Waals surface area contributed by atoms with Crippen molar-refractivity contribution in [2.75, 3.05) is 6.61 Å². The van der Waals surface area contributed by atoms with E-state index < -0.39 is 0 Å². The van der Waals surface area contributed by atoms with Crippen LogP contribution in [0.2, 0.25) is 5.02 Å². The highest BCUT2D eigenvalue weighted by molar-refractivity contribution is 6.30. The first-order valence-corrected chi connectivity index (χ1v) is 6.29. The Labute approximate surface area is 107 Å².